The van der Waals surface area contributed by atoms with Gasteiger partial charge in [0.1, 0.15) is 5.82 Å². The minimum atomic E-state index is -3.91. The number of amides is 1. The molecule has 12 heteroatoms. The highest BCUT2D eigenvalue weighted by molar-refractivity contribution is 7.92. The van der Waals surface area contributed by atoms with Crippen molar-refractivity contribution in [1.82, 2.24) is 9.97 Å². The highest BCUT2D eigenvalue weighted by atomic mass is 32.2. The molecular formula is C20H17N5O6S. The van der Waals surface area contributed by atoms with E-state index in [9.17, 15) is 23.3 Å². The monoisotopic (exact) mass is 455 g/mol. The fraction of sp³-hybridized carbons (Fsp3) is 0.0500. The first-order valence-electron chi connectivity index (χ1n) is 9.00. The second-order valence-corrected chi connectivity index (χ2v) is 7.91. The number of methoxy groups -OCH3 is 1. The summed E-state index contributed by atoms with van der Waals surface area (Å²) < 4.78 is 32.2. The van der Waals surface area contributed by atoms with E-state index < -0.39 is 20.9 Å². The largest absolute Gasteiger partial charge is 0.467 e. The maximum Gasteiger partial charge on any atom is 0.318 e. The maximum atomic E-state index is 12.5. The zero-order valence-corrected chi connectivity index (χ0v) is 17.4. The Morgan fingerprint density at radius 1 is 1.09 bits per heavy atom. The molecule has 0 fully saturated rings. The number of nitrogens with one attached hydrogen (secondary N) is 2. The third kappa shape index (κ3) is 5.86. The summed E-state index contributed by atoms with van der Waals surface area (Å²) in [5.74, 6) is -0.407. The second-order valence-electron chi connectivity index (χ2n) is 6.23. The number of non-ortho nitro benzene ring substituents is 1. The summed E-state index contributed by atoms with van der Waals surface area (Å²) in [4.78, 5) is 29.9. The standard InChI is InChI=1S/C20H17N5O6S/c1-31-20-21-13-12-18(23-20)24-32(29,30)17-9-5-15(6-10-17)22-19(26)11-4-14-2-7-16(8-3-14)25(27)28/h2-13H,1H3,(H,22,26)(H,21,23,24). The molecule has 1 amide bonds. The van der Waals surface area contributed by atoms with Crippen LogP contribution in [0.2, 0.25) is 0 Å². The van der Waals surface area contributed by atoms with Gasteiger partial charge < -0.3 is 10.1 Å². The molecule has 2 aromatic carbocycles. The van der Waals surface area contributed by atoms with E-state index in [1.54, 1.807) is 0 Å². The summed E-state index contributed by atoms with van der Waals surface area (Å²) in [5.41, 5.74) is 0.945. The fourth-order valence-corrected chi connectivity index (χ4v) is 3.47. The Morgan fingerprint density at radius 3 is 2.41 bits per heavy atom. The molecule has 0 radical (unpaired) electrons. The van der Waals surface area contributed by atoms with Crippen molar-refractivity contribution in [2.24, 2.45) is 0 Å². The van der Waals surface area contributed by atoms with Crippen molar-refractivity contribution < 1.29 is 22.9 Å². The molecule has 164 valence electrons. The molecule has 0 aliphatic carbocycles. The second kappa shape index (κ2) is 9.66. The molecule has 0 aliphatic heterocycles. The zero-order valence-electron chi connectivity index (χ0n) is 16.6. The topological polar surface area (TPSA) is 153 Å². The molecule has 0 saturated carbocycles. The molecule has 0 spiro atoms. The maximum absolute atomic E-state index is 12.5. The van der Waals surface area contributed by atoms with E-state index in [0.717, 1.165) is 0 Å². The first-order valence-corrected chi connectivity index (χ1v) is 10.5. The smallest absolute Gasteiger partial charge is 0.318 e. The van der Waals surface area contributed by atoms with Crippen LogP contribution in [0.3, 0.4) is 0 Å². The van der Waals surface area contributed by atoms with Gasteiger partial charge in [-0.3, -0.25) is 19.6 Å². The van der Waals surface area contributed by atoms with Crippen LogP contribution in [0.15, 0.2) is 71.8 Å². The Labute approximate surface area is 183 Å². The number of rotatable bonds is 8. The summed E-state index contributed by atoms with van der Waals surface area (Å²) in [6.45, 7) is 0. The molecule has 3 rings (SSSR count). The molecule has 32 heavy (non-hydrogen) atoms. The van der Waals surface area contributed by atoms with Crippen LogP contribution in [0.5, 0.6) is 6.01 Å². The highest BCUT2D eigenvalue weighted by Gasteiger charge is 2.15. The van der Waals surface area contributed by atoms with Gasteiger partial charge in [-0.25, -0.2) is 13.4 Å². The van der Waals surface area contributed by atoms with Crippen LogP contribution in [0.25, 0.3) is 6.08 Å². The number of hydrogen-bond acceptors (Lipinski definition) is 8. The quantitative estimate of drug-likeness (QED) is 0.299. The van der Waals surface area contributed by atoms with Crippen LogP contribution in [-0.2, 0) is 14.8 Å². The van der Waals surface area contributed by atoms with Crippen molar-refractivity contribution in [1.29, 1.82) is 0 Å². The van der Waals surface area contributed by atoms with Gasteiger partial charge in [0, 0.05) is 36.2 Å². The number of anilines is 2. The van der Waals surface area contributed by atoms with E-state index in [1.165, 1.54) is 80.1 Å². The molecule has 0 atom stereocenters. The lowest BCUT2D eigenvalue weighted by Gasteiger charge is -2.09. The molecule has 0 aliphatic rings. The minimum Gasteiger partial charge on any atom is -0.467 e. The van der Waals surface area contributed by atoms with Crippen LogP contribution in [0.4, 0.5) is 17.2 Å². The SMILES string of the molecule is COc1nccc(NS(=O)(=O)c2ccc(NC(=O)C=Cc3ccc([N+](=O)[O-])cc3)cc2)n1. The zero-order chi connectivity index (χ0) is 23.1. The fourth-order valence-electron chi connectivity index (χ4n) is 2.47. The summed E-state index contributed by atoms with van der Waals surface area (Å²) in [7, 11) is -2.55. The van der Waals surface area contributed by atoms with Crippen molar-refractivity contribution in [3.8, 4) is 6.01 Å². The average molecular weight is 455 g/mol. The number of sulfonamides is 1. The van der Waals surface area contributed by atoms with Gasteiger partial charge >= 0.3 is 6.01 Å². The summed E-state index contributed by atoms with van der Waals surface area (Å²) in [5, 5.41) is 13.3. The third-order valence-corrected chi connectivity index (χ3v) is 5.39. The van der Waals surface area contributed by atoms with Gasteiger partial charge in [0.2, 0.25) is 5.91 Å². The number of nitrogens with zero attached hydrogens (tertiary/aromatic N) is 3. The first kappa shape index (κ1) is 22.4. The van der Waals surface area contributed by atoms with Crippen molar-refractivity contribution >= 4 is 39.2 Å². The van der Waals surface area contributed by atoms with E-state index in [4.69, 9.17) is 4.74 Å². The Hall–Kier alpha value is -4.32. The van der Waals surface area contributed by atoms with Gasteiger partial charge in [-0.1, -0.05) is 0 Å². The number of aromatic nitrogens is 2. The molecule has 3 aromatic rings. The van der Waals surface area contributed by atoms with E-state index in [1.807, 2.05) is 0 Å². The Kier molecular flexibility index (Phi) is 6.75. The predicted octanol–water partition coefficient (Wildman–Crippen LogP) is 2.85. The molecule has 1 aromatic heterocycles. The van der Waals surface area contributed by atoms with Crippen molar-refractivity contribution in [2.45, 2.75) is 4.90 Å². The van der Waals surface area contributed by atoms with Gasteiger partial charge in [0.05, 0.1) is 16.9 Å². The number of ether oxygens (including phenoxy) is 1. The number of hydrogen-bond donors (Lipinski definition) is 2. The van der Waals surface area contributed by atoms with E-state index >= 15 is 0 Å². The number of benzene rings is 2. The minimum absolute atomic E-state index is 0.0186. The van der Waals surface area contributed by atoms with Crippen LogP contribution < -0.4 is 14.8 Å². The lowest BCUT2D eigenvalue weighted by molar-refractivity contribution is -0.384. The van der Waals surface area contributed by atoms with Crippen LogP contribution in [0.1, 0.15) is 5.56 Å². The van der Waals surface area contributed by atoms with Gasteiger partial charge in [-0.15, -0.1) is 0 Å². The molecule has 0 bridgehead atoms. The molecule has 0 saturated heterocycles. The summed E-state index contributed by atoms with van der Waals surface area (Å²) in [6.07, 6.45) is 4.11. The van der Waals surface area contributed by atoms with Crippen LogP contribution in [-0.4, -0.2) is 36.3 Å². The van der Waals surface area contributed by atoms with Crippen molar-refractivity contribution in [3.63, 3.8) is 0 Å². The van der Waals surface area contributed by atoms with Gasteiger partial charge in [0.25, 0.3) is 15.7 Å². The van der Waals surface area contributed by atoms with Crippen molar-refractivity contribution in [2.75, 3.05) is 17.1 Å². The Bertz CT molecular complexity index is 1260. The molecule has 1 heterocycles. The molecule has 0 unspecified atom stereocenters. The number of carbonyl (C=O) groups is 1. The van der Waals surface area contributed by atoms with E-state index in [0.29, 0.717) is 11.3 Å². The highest BCUT2D eigenvalue weighted by Crippen LogP contribution is 2.18. The van der Waals surface area contributed by atoms with Gasteiger partial charge in [-0.05, 0) is 48.0 Å². The van der Waals surface area contributed by atoms with E-state index in [2.05, 4.69) is 20.0 Å². The van der Waals surface area contributed by atoms with Gasteiger partial charge in [0.15, 0.2) is 0 Å². The Balaban J connectivity index is 1.63. The Morgan fingerprint density at radius 2 is 1.78 bits per heavy atom. The summed E-state index contributed by atoms with van der Waals surface area (Å²) in [6, 6.07) is 12.6. The lowest BCUT2D eigenvalue weighted by atomic mass is 10.2. The molecule has 11 nitrogen and oxygen atoms in total. The molecule has 2 N–H and O–H groups in total. The van der Waals surface area contributed by atoms with Crippen LogP contribution in [0, 0.1) is 10.1 Å². The van der Waals surface area contributed by atoms with Crippen LogP contribution >= 0.6 is 0 Å². The van der Waals surface area contributed by atoms with E-state index in [-0.39, 0.29) is 22.4 Å². The number of nitro groups is 1. The number of carbonyl (C=O) groups excluding carboxylic acids is 1. The summed E-state index contributed by atoms with van der Waals surface area (Å²) >= 11 is 0. The van der Waals surface area contributed by atoms with Crippen molar-refractivity contribution in [3.05, 3.63) is 82.5 Å². The van der Waals surface area contributed by atoms with Gasteiger partial charge in [-0.2, -0.15) is 4.98 Å². The normalized spacial score (nSPS) is 11.2. The predicted molar refractivity (Wildman–Crippen MR) is 117 cm³/mol. The number of nitro benzene ring substituents is 1. The third-order valence-electron chi connectivity index (χ3n) is 4.02. The first-order chi connectivity index (χ1) is 15.3. The lowest BCUT2D eigenvalue weighted by Crippen LogP contribution is -2.14. The molecular weight excluding hydrogens is 438 g/mol. The average Bonchev–Trinajstić information content (AvgIpc) is 2.78.